The maximum Gasteiger partial charge on any atom is 0.397 e. The van der Waals surface area contributed by atoms with Gasteiger partial charge in [0.25, 0.3) is 5.95 Å². The molecule has 8 unspecified atom stereocenters. The van der Waals surface area contributed by atoms with Gasteiger partial charge in [0, 0.05) is 6.08 Å². The Morgan fingerprint density at radius 3 is 2.29 bits per heavy atom. The normalized spacial score (nSPS) is 36.9. The molecule has 8 atom stereocenters. The van der Waals surface area contributed by atoms with Crippen molar-refractivity contribution < 1.29 is 74.3 Å². The minimum Gasteiger partial charge on any atom is -0.432 e. The first kappa shape index (κ1) is 25.8. The fraction of sp³-hybridized carbons (Fsp3) is 0.750. The van der Waals surface area contributed by atoms with Crippen LogP contribution in [0.15, 0.2) is 12.0 Å². The van der Waals surface area contributed by atoms with Gasteiger partial charge in [-0.1, -0.05) is 0 Å². The lowest BCUT2D eigenvalue weighted by atomic mass is 9.97. The van der Waals surface area contributed by atoms with Crippen molar-refractivity contribution in [1.29, 1.82) is 0 Å². The summed E-state index contributed by atoms with van der Waals surface area (Å²) in [7, 11) is -10.0. The van der Waals surface area contributed by atoms with Crippen molar-refractivity contribution in [3.63, 3.8) is 0 Å². The third-order valence-electron chi connectivity index (χ3n) is 3.98. The summed E-state index contributed by atoms with van der Waals surface area (Å²) in [5, 5.41) is 40.1. The molecule has 0 saturated carbocycles. The number of aliphatic hydroxyl groups excluding tert-OH is 4. The molecule has 0 aromatic heterocycles. The standard InChI is InChI=1S/C12H19NO16S2/c14-3-25-6-1-4(15)8(16)12(28-6)29-10-5(2-26-31(22,23)24)27-11(18)7(9(10)17)13-30(19,20)21/h1,3-5,7-13,15-18H,2H2,(H,19,20,21)(H,22,23,24). The van der Waals surface area contributed by atoms with E-state index in [4.69, 9.17) is 23.3 Å². The highest BCUT2D eigenvalue weighted by Gasteiger charge is 2.50. The maximum absolute atomic E-state index is 11.1. The van der Waals surface area contributed by atoms with Crippen molar-refractivity contribution in [2.24, 2.45) is 0 Å². The van der Waals surface area contributed by atoms with Crippen molar-refractivity contribution in [3.05, 3.63) is 12.0 Å². The van der Waals surface area contributed by atoms with Crippen molar-refractivity contribution in [2.75, 3.05) is 6.61 Å². The van der Waals surface area contributed by atoms with Crippen molar-refractivity contribution >= 4 is 27.2 Å². The van der Waals surface area contributed by atoms with Crippen molar-refractivity contribution in [3.8, 4) is 0 Å². The number of nitrogens with one attached hydrogen (secondary N) is 1. The molecule has 0 aromatic rings. The van der Waals surface area contributed by atoms with E-state index < -0.39 is 82.4 Å². The lowest BCUT2D eigenvalue weighted by molar-refractivity contribution is -0.310. The minimum absolute atomic E-state index is 0.0863. The molecular formula is C12H19NO16S2. The molecule has 1 saturated heterocycles. The first-order valence-electron chi connectivity index (χ1n) is 8.10. The van der Waals surface area contributed by atoms with E-state index in [0.29, 0.717) is 0 Å². The smallest absolute Gasteiger partial charge is 0.397 e. The van der Waals surface area contributed by atoms with Crippen LogP contribution in [0.25, 0.3) is 0 Å². The summed E-state index contributed by atoms with van der Waals surface area (Å²) >= 11 is 0. The van der Waals surface area contributed by atoms with Gasteiger partial charge in [0.2, 0.25) is 6.29 Å². The molecule has 0 spiro atoms. The van der Waals surface area contributed by atoms with Crippen LogP contribution >= 0.6 is 0 Å². The predicted octanol–water partition coefficient (Wildman–Crippen LogP) is -4.88. The highest BCUT2D eigenvalue weighted by atomic mass is 32.3. The van der Waals surface area contributed by atoms with E-state index in [0.717, 1.165) is 6.08 Å². The second kappa shape index (κ2) is 9.97. The second-order valence-corrected chi connectivity index (χ2v) is 8.43. The van der Waals surface area contributed by atoms with Gasteiger partial charge in [-0.2, -0.15) is 21.6 Å². The van der Waals surface area contributed by atoms with Gasteiger partial charge in [0.05, 0.1) is 6.61 Å². The molecule has 2 aliphatic heterocycles. The Morgan fingerprint density at radius 2 is 1.74 bits per heavy atom. The molecule has 0 aromatic carbocycles. The average Bonchev–Trinajstić information content (AvgIpc) is 2.62. The zero-order valence-electron chi connectivity index (χ0n) is 15.1. The Morgan fingerprint density at radius 1 is 1.10 bits per heavy atom. The SMILES string of the molecule is O=COC1=CC(O)C(O)C(OC2C(COS(=O)(=O)O)OC(O)C(NS(=O)(=O)O)C2O)O1. The highest BCUT2D eigenvalue weighted by molar-refractivity contribution is 7.83. The topological polar surface area (TPSA) is 265 Å². The van der Waals surface area contributed by atoms with E-state index in [-0.39, 0.29) is 6.47 Å². The molecule has 0 aliphatic carbocycles. The van der Waals surface area contributed by atoms with E-state index in [1.165, 1.54) is 4.72 Å². The Labute approximate surface area is 174 Å². The number of hydrogen-bond acceptors (Lipinski definition) is 14. The summed E-state index contributed by atoms with van der Waals surface area (Å²) in [6.07, 6.45) is -12.6. The van der Waals surface area contributed by atoms with Crippen LogP contribution in [-0.2, 0) is 48.6 Å². The van der Waals surface area contributed by atoms with E-state index in [1.807, 2.05) is 0 Å². The van der Waals surface area contributed by atoms with Crippen molar-refractivity contribution in [2.45, 2.75) is 49.1 Å². The Balaban J connectivity index is 2.29. The summed E-state index contributed by atoms with van der Waals surface area (Å²) in [6, 6.07) is -1.98. The summed E-state index contributed by atoms with van der Waals surface area (Å²) in [4.78, 5) is 10.5. The van der Waals surface area contributed by atoms with Gasteiger partial charge in [-0.15, -0.1) is 0 Å². The van der Waals surface area contributed by atoms with Gasteiger partial charge >= 0.3 is 27.2 Å². The van der Waals surface area contributed by atoms with Gasteiger partial charge in [0.1, 0.15) is 36.6 Å². The van der Waals surface area contributed by atoms with Crippen LogP contribution in [0.3, 0.4) is 0 Å². The quantitative estimate of drug-likeness (QED) is 0.116. The first-order chi connectivity index (χ1) is 14.2. The Hall–Kier alpha value is -1.49. The van der Waals surface area contributed by atoms with Gasteiger partial charge in [-0.25, -0.2) is 4.18 Å². The van der Waals surface area contributed by atoms with E-state index in [2.05, 4.69) is 8.92 Å². The monoisotopic (exact) mass is 497 g/mol. The van der Waals surface area contributed by atoms with Crippen LogP contribution in [0.4, 0.5) is 0 Å². The number of carbonyl (C=O) groups is 1. The summed E-state index contributed by atoms with van der Waals surface area (Å²) < 4.78 is 86.5. The molecule has 19 heteroatoms. The number of hydrogen-bond donors (Lipinski definition) is 7. The molecule has 7 N–H and O–H groups in total. The Bertz CT molecular complexity index is 871. The fourth-order valence-corrected chi connectivity index (χ4v) is 3.60. The maximum atomic E-state index is 11.1. The molecule has 0 bridgehead atoms. The third kappa shape index (κ3) is 7.27. The van der Waals surface area contributed by atoms with Crippen LogP contribution in [0.1, 0.15) is 0 Å². The number of carbonyl (C=O) groups excluding carboxylic acids is 1. The molecule has 0 amide bonds. The molecule has 0 radical (unpaired) electrons. The number of rotatable bonds is 9. The van der Waals surface area contributed by atoms with Gasteiger partial charge in [-0.3, -0.25) is 13.9 Å². The van der Waals surface area contributed by atoms with Crippen LogP contribution in [0, 0.1) is 0 Å². The fourth-order valence-electron chi connectivity index (χ4n) is 2.69. The van der Waals surface area contributed by atoms with Gasteiger partial charge < -0.3 is 39.4 Å². The van der Waals surface area contributed by atoms with Crippen LogP contribution in [0.5, 0.6) is 0 Å². The van der Waals surface area contributed by atoms with Crippen LogP contribution in [0.2, 0.25) is 0 Å². The van der Waals surface area contributed by atoms with Gasteiger partial charge in [-0.05, 0) is 0 Å². The van der Waals surface area contributed by atoms with Gasteiger partial charge in [0.15, 0.2) is 6.29 Å². The molecule has 31 heavy (non-hydrogen) atoms. The molecule has 180 valence electrons. The Kier molecular flexibility index (Phi) is 8.29. The molecule has 2 heterocycles. The number of aliphatic hydroxyl groups is 4. The molecule has 1 fully saturated rings. The molecule has 2 aliphatic rings. The van der Waals surface area contributed by atoms with E-state index >= 15 is 0 Å². The minimum atomic E-state index is -5.03. The zero-order chi connectivity index (χ0) is 23.6. The third-order valence-corrected chi connectivity index (χ3v) is 4.99. The second-order valence-electron chi connectivity index (χ2n) is 6.15. The first-order valence-corrected chi connectivity index (χ1v) is 10.9. The molecule has 17 nitrogen and oxygen atoms in total. The van der Waals surface area contributed by atoms with E-state index in [9.17, 15) is 42.1 Å². The lowest BCUT2D eigenvalue weighted by Gasteiger charge is -2.44. The van der Waals surface area contributed by atoms with Crippen LogP contribution in [-0.4, -0.2) is 109 Å². The lowest BCUT2D eigenvalue weighted by Crippen LogP contribution is -2.66. The largest absolute Gasteiger partial charge is 0.432 e. The van der Waals surface area contributed by atoms with Crippen LogP contribution < -0.4 is 4.72 Å². The molecular weight excluding hydrogens is 478 g/mol. The molecule has 2 rings (SSSR count). The number of ether oxygens (including phenoxy) is 4. The summed E-state index contributed by atoms with van der Waals surface area (Å²) in [6.45, 7) is -1.17. The zero-order valence-corrected chi connectivity index (χ0v) is 16.7. The van der Waals surface area contributed by atoms with E-state index in [1.54, 1.807) is 0 Å². The average molecular weight is 497 g/mol. The summed E-state index contributed by atoms with van der Waals surface area (Å²) in [5.74, 6) is -0.623. The van der Waals surface area contributed by atoms with Crippen molar-refractivity contribution in [1.82, 2.24) is 4.72 Å². The highest BCUT2D eigenvalue weighted by Crippen LogP contribution is 2.28. The summed E-state index contributed by atoms with van der Waals surface area (Å²) in [5.41, 5.74) is 0. The predicted molar refractivity (Wildman–Crippen MR) is 89.9 cm³/mol.